The maximum Gasteiger partial charge on any atom is 0.519 e. The second kappa shape index (κ2) is 11.4. The summed E-state index contributed by atoms with van der Waals surface area (Å²) in [6, 6.07) is 15.8. The number of carbonyl (C=O) groups is 1. The highest BCUT2D eigenvalue weighted by molar-refractivity contribution is 5.89. The van der Waals surface area contributed by atoms with Crippen molar-refractivity contribution >= 4 is 5.97 Å². The highest BCUT2D eigenvalue weighted by Crippen LogP contribution is 2.34. The molecule has 0 spiro atoms. The summed E-state index contributed by atoms with van der Waals surface area (Å²) in [5.74, 6) is -0.631. The van der Waals surface area contributed by atoms with Crippen LogP contribution >= 0.6 is 0 Å². The number of aliphatic hydroxyl groups is 1. The molecule has 4 aromatic rings. The van der Waals surface area contributed by atoms with Crippen molar-refractivity contribution in [2.24, 2.45) is 0 Å². The summed E-state index contributed by atoms with van der Waals surface area (Å²) in [5, 5.41) is 28.7. The van der Waals surface area contributed by atoms with E-state index >= 15 is 0 Å². The van der Waals surface area contributed by atoms with Crippen LogP contribution in [0.1, 0.15) is 50.7 Å². The smallest absolute Gasteiger partial charge is 0.453 e. The van der Waals surface area contributed by atoms with E-state index in [1.807, 2.05) is 53.4 Å². The molecule has 0 aliphatic carbocycles. The number of H-pyrrole nitrogens is 1. The average Bonchev–Trinajstić information content (AvgIpc) is 3.67. The maximum absolute atomic E-state index is 13.5. The van der Waals surface area contributed by atoms with Crippen molar-refractivity contribution < 1.29 is 23.5 Å². The van der Waals surface area contributed by atoms with Crippen molar-refractivity contribution in [2.75, 3.05) is 0 Å². The molecule has 1 aliphatic rings. The average molecular weight is 561 g/mol. The highest BCUT2D eigenvalue weighted by Gasteiger charge is 2.41. The minimum absolute atomic E-state index is 0.132. The van der Waals surface area contributed by atoms with Gasteiger partial charge in [-0.25, -0.2) is 9.59 Å². The van der Waals surface area contributed by atoms with Crippen molar-refractivity contribution in [2.45, 2.75) is 65.5 Å². The number of nitrogens with zero attached hydrogens (tertiary/aromatic N) is 4. The van der Waals surface area contributed by atoms with Crippen molar-refractivity contribution in [3.63, 3.8) is 0 Å². The molecule has 0 saturated carbocycles. The van der Waals surface area contributed by atoms with Crippen LogP contribution in [0.5, 0.6) is 0 Å². The molecule has 0 amide bonds. The Labute approximate surface area is 236 Å². The van der Waals surface area contributed by atoms with Gasteiger partial charge in [0.25, 0.3) is 0 Å². The lowest BCUT2D eigenvalue weighted by molar-refractivity contribution is -0.143. The fraction of sp³-hybridized carbons (Fsp3) is 0.345. The van der Waals surface area contributed by atoms with E-state index in [2.05, 4.69) is 32.9 Å². The van der Waals surface area contributed by atoms with E-state index in [1.165, 1.54) is 0 Å². The molecular formula is C29H32N6O6. The Morgan fingerprint density at radius 2 is 1.85 bits per heavy atom. The number of hydrogen-bond acceptors (Lipinski definition) is 11. The third-order valence-corrected chi connectivity index (χ3v) is 6.88. The Bertz CT molecular complexity index is 1600. The van der Waals surface area contributed by atoms with Gasteiger partial charge in [0.05, 0.1) is 11.9 Å². The Morgan fingerprint density at radius 3 is 2.46 bits per heavy atom. The molecule has 5 rings (SSSR count). The van der Waals surface area contributed by atoms with Crippen LogP contribution in [0.3, 0.4) is 0 Å². The summed E-state index contributed by atoms with van der Waals surface area (Å²) >= 11 is 0. The first-order valence-electron chi connectivity index (χ1n) is 13.3. The summed E-state index contributed by atoms with van der Waals surface area (Å²) in [7, 11) is 0. The zero-order chi connectivity index (χ0) is 29.1. The first kappa shape index (κ1) is 27.8. The molecule has 3 heterocycles. The van der Waals surface area contributed by atoms with Crippen LogP contribution in [-0.2, 0) is 22.7 Å². The number of ether oxygens (including phenoxy) is 1. The lowest BCUT2D eigenvalue weighted by atomic mass is 9.98. The number of tetrazole rings is 1. The largest absolute Gasteiger partial charge is 0.519 e. The minimum atomic E-state index is -1.34. The van der Waals surface area contributed by atoms with Crippen molar-refractivity contribution in [3.8, 4) is 22.5 Å². The van der Waals surface area contributed by atoms with Gasteiger partial charge in [0, 0.05) is 12.1 Å². The first-order valence-corrected chi connectivity index (χ1v) is 13.3. The van der Waals surface area contributed by atoms with Crippen LogP contribution in [0.2, 0.25) is 0 Å². The number of aromatic amines is 1. The van der Waals surface area contributed by atoms with Gasteiger partial charge in [0.1, 0.15) is 11.3 Å². The molecule has 2 aromatic carbocycles. The van der Waals surface area contributed by atoms with Crippen LogP contribution in [0.4, 0.5) is 0 Å². The van der Waals surface area contributed by atoms with Crippen LogP contribution in [-0.4, -0.2) is 48.4 Å². The predicted molar refractivity (Wildman–Crippen MR) is 148 cm³/mol. The Balaban J connectivity index is 1.43. The van der Waals surface area contributed by atoms with E-state index in [0.717, 1.165) is 35.1 Å². The molecule has 3 N–H and O–H groups in total. The normalized spacial score (nSPS) is 15.3. The monoisotopic (exact) mass is 560 g/mol. The summed E-state index contributed by atoms with van der Waals surface area (Å²) in [5.41, 5.74) is 3.00. The molecule has 0 bridgehead atoms. The van der Waals surface area contributed by atoms with Gasteiger partial charge in [-0.15, -0.1) is 10.2 Å². The molecule has 1 unspecified atom stereocenters. The van der Waals surface area contributed by atoms with Crippen molar-refractivity contribution in [1.29, 1.82) is 0 Å². The second-order valence-electron chi connectivity index (χ2n) is 10.3. The van der Waals surface area contributed by atoms with E-state index in [-0.39, 0.29) is 30.0 Å². The molecule has 0 radical (unpaired) electrons. The summed E-state index contributed by atoms with van der Waals surface area (Å²) in [6.45, 7) is 6.95. The standard InChI is InChI=1S/C29H32N6O6/c1-5-8-23-30-25(29(3,4)38)24(27(36)39-16-22-17(2)40-28(37)41-22)35(23)15-18-11-13-19(14-12-18)20-9-6-7-10-21(20)26-31-33-34-32-26/h6-7,9-14,23,30,38H,5,8,15-16H2,1-4H3,(H,31,32,33,34). The van der Waals surface area contributed by atoms with E-state index in [1.54, 1.807) is 20.8 Å². The molecule has 12 heteroatoms. The minimum Gasteiger partial charge on any atom is -0.453 e. The summed E-state index contributed by atoms with van der Waals surface area (Å²) in [6.07, 6.45) is 1.33. The fourth-order valence-corrected chi connectivity index (χ4v) is 4.89. The van der Waals surface area contributed by atoms with Gasteiger partial charge in [-0.1, -0.05) is 61.9 Å². The fourth-order valence-electron chi connectivity index (χ4n) is 4.89. The number of carbonyl (C=O) groups excluding carboxylic acids is 1. The van der Waals surface area contributed by atoms with Gasteiger partial charge in [0.2, 0.25) is 5.82 Å². The summed E-state index contributed by atoms with van der Waals surface area (Å²) in [4.78, 5) is 26.8. The van der Waals surface area contributed by atoms with Crippen LogP contribution < -0.4 is 11.1 Å². The molecule has 214 valence electrons. The molecule has 41 heavy (non-hydrogen) atoms. The highest BCUT2D eigenvalue weighted by atomic mass is 16.6. The van der Waals surface area contributed by atoms with E-state index < -0.39 is 17.4 Å². The molecular weight excluding hydrogens is 528 g/mol. The van der Waals surface area contributed by atoms with Crippen molar-refractivity contribution in [3.05, 3.63) is 87.6 Å². The lowest BCUT2D eigenvalue weighted by Crippen LogP contribution is -2.39. The van der Waals surface area contributed by atoms with Gasteiger partial charge in [-0.3, -0.25) is 0 Å². The molecule has 1 aliphatic heterocycles. The number of benzene rings is 2. The third-order valence-electron chi connectivity index (χ3n) is 6.88. The molecule has 12 nitrogen and oxygen atoms in total. The number of esters is 1. The number of rotatable bonds is 10. The quantitative estimate of drug-likeness (QED) is 0.243. The van der Waals surface area contributed by atoms with Gasteiger partial charge in [0.15, 0.2) is 18.1 Å². The SMILES string of the molecule is CCCC1NC(C(C)(C)O)=C(C(=O)OCc2oc(=O)oc2C)N1Cc1ccc(-c2ccccc2-c2nn[nH]n2)cc1. The van der Waals surface area contributed by atoms with Gasteiger partial charge in [-0.2, -0.15) is 5.21 Å². The zero-order valence-electron chi connectivity index (χ0n) is 23.3. The van der Waals surface area contributed by atoms with Crippen LogP contribution in [0.25, 0.3) is 22.5 Å². The number of nitrogens with one attached hydrogen (secondary N) is 2. The van der Waals surface area contributed by atoms with Gasteiger partial charge in [-0.05, 0) is 49.1 Å². The predicted octanol–water partition coefficient (Wildman–Crippen LogP) is 3.65. The Morgan fingerprint density at radius 1 is 1.12 bits per heavy atom. The van der Waals surface area contributed by atoms with E-state index in [9.17, 15) is 14.7 Å². The van der Waals surface area contributed by atoms with Crippen LogP contribution in [0.15, 0.2) is 73.6 Å². The molecule has 0 fully saturated rings. The number of hydrogen-bond donors (Lipinski definition) is 3. The van der Waals surface area contributed by atoms with Crippen molar-refractivity contribution in [1.82, 2.24) is 30.8 Å². The zero-order valence-corrected chi connectivity index (χ0v) is 23.3. The lowest BCUT2D eigenvalue weighted by Gasteiger charge is -2.28. The first-order chi connectivity index (χ1) is 19.7. The molecule has 2 aromatic heterocycles. The molecule has 1 atom stereocenters. The van der Waals surface area contributed by atoms with E-state index in [0.29, 0.717) is 18.1 Å². The summed E-state index contributed by atoms with van der Waals surface area (Å²) < 4.78 is 15.4. The second-order valence-corrected chi connectivity index (χ2v) is 10.3. The van der Waals surface area contributed by atoms with E-state index in [4.69, 9.17) is 13.6 Å². The topological polar surface area (TPSA) is 160 Å². The third kappa shape index (κ3) is 5.92. The number of aromatic nitrogens is 4. The Hall–Kier alpha value is -4.71. The molecule has 0 saturated heterocycles. The van der Waals surface area contributed by atoms with Crippen LogP contribution in [0, 0.1) is 6.92 Å². The Kier molecular flexibility index (Phi) is 7.75. The van der Waals surface area contributed by atoms with Gasteiger partial charge < -0.3 is 28.9 Å². The number of aryl methyl sites for hydroxylation is 1. The van der Waals surface area contributed by atoms with Gasteiger partial charge >= 0.3 is 11.8 Å². The maximum atomic E-state index is 13.5.